The third kappa shape index (κ3) is 3.71. The highest BCUT2D eigenvalue weighted by Gasteiger charge is 2.44. The zero-order valence-electron chi connectivity index (χ0n) is 13.4. The fourth-order valence-electron chi connectivity index (χ4n) is 2.17. The lowest BCUT2D eigenvalue weighted by Gasteiger charge is -2.14. The van der Waals surface area contributed by atoms with Gasteiger partial charge in [-0.05, 0) is 24.3 Å². The molecule has 0 unspecified atom stereocenters. The van der Waals surface area contributed by atoms with Crippen LogP contribution in [0, 0.1) is 0 Å². The summed E-state index contributed by atoms with van der Waals surface area (Å²) in [4.78, 5) is 60.2. The SMILES string of the molecule is C=CCN1C(=O)C(=O)N(CC(=O)Nc2ccc(C(=O)NC)cc2)C1=O. The number of hydrogen-bond acceptors (Lipinski definition) is 5. The number of carbonyl (C=O) groups is 5. The Morgan fingerprint density at radius 1 is 1.08 bits per heavy atom. The number of carbonyl (C=O) groups excluding carboxylic acids is 5. The van der Waals surface area contributed by atoms with E-state index >= 15 is 0 Å². The second-order valence-corrected chi connectivity index (χ2v) is 5.08. The van der Waals surface area contributed by atoms with Gasteiger partial charge in [0.2, 0.25) is 5.91 Å². The molecule has 2 N–H and O–H groups in total. The van der Waals surface area contributed by atoms with E-state index in [2.05, 4.69) is 17.2 Å². The van der Waals surface area contributed by atoms with Crippen LogP contribution in [-0.2, 0) is 14.4 Å². The minimum absolute atomic E-state index is 0.109. The number of nitrogens with zero attached hydrogens (tertiary/aromatic N) is 2. The molecule has 0 spiro atoms. The summed E-state index contributed by atoms with van der Waals surface area (Å²) in [5.41, 5.74) is 0.794. The molecule has 1 aromatic carbocycles. The summed E-state index contributed by atoms with van der Waals surface area (Å²) in [5, 5.41) is 4.96. The molecule has 1 aromatic rings. The molecule has 0 aromatic heterocycles. The van der Waals surface area contributed by atoms with Gasteiger partial charge < -0.3 is 10.6 Å². The second-order valence-electron chi connectivity index (χ2n) is 5.08. The fraction of sp³-hybridized carbons (Fsp3) is 0.188. The minimum Gasteiger partial charge on any atom is -0.355 e. The van der Waals surface area contributed by atoms with Gasteiger partial charge in [0.05, 0.1) is 0 Å². The lowest BCUT2D eigenvalue weighted by atomic mass is 10.2. The number of imide groups is 2. The summed E-state index contributed by atoms with van der Waals surface area (Å²) in [6.45, 7) is 2.70. The van der Waals surface area contributed by atoms with Crippen molar-refractivity contribution in [2.24, 2.45) is 0 Å². The Balaban J connectivity index is 2.01. The molecule has 1 heterocycles. The third-order valence-corrected chi connectivity index (χ3v) is 3.41. The van der Waals surface area contributed by atoms with Crippen LogP contribution in [0.2, 0.25) is 0 Å². The molecule has 130 valence electrons. The number of rotatable bonds is 6. The van der Waals surface area contributed by atoms with E-state index in [4.69, 9.17) is 0 Å². The Hall–Kier alpha value is -3.49. The van der Waals surface area contributed by atoms with Crippen LogP contribution >= 0.6 is 0 Å². The smallest absolute Gasteiger partial charge is 0.335 e. The predicted octanol–water partition coefficient (Wildman–Crippen LogP) is -0.0385. The van der Waals surface area contributed by atoms with E-state index in [9.17, 15) is 24.0 Å². The molecule has 9 nitrogen and oxygen atoms in total. The van der Waals surface area contributed by atoms with Crippen molar-refractivity contribution in [1.29, 1.82) is 0 Å². The highest BCUT2D eigenvalue weighted by Crippen LogP contribution is 2.13. The molecule has 6 amide bonds. The van der Waals surface area contributed by atoms with E-state index in [1.165, 1.54) is 37.4 Å². The summed E-state index contributed by atoms with van der Waals surface area (Å²) in [6.07, 6.45) is 1.31. The van der Waals surface area contributed by atoms with Gasteiger partial charge in [0.25, 0.3) is 5.91 Å². The fourth-order valence-corrected chi connectivity index (χ4v) is 2.17. The molecule has 1 aliphatic rings. The van der Waals surface area contributed by atoms with Crippen molar-refractivity contribution in [3.05, 3.63) is 42.5 Å². The summed E-state index contributed by atoms with van der Waals surface area (Å²) >= 11 is 0. The van der Waals surface area contributed by atoms with E-state index in [1.807, 2.05) is 0 Å². The molecule has 2 rings (SSSR count). The van der Waals surface area contributed by atoms with Gasteiger partial charge in [-0.15, -0.1) is 6.58 Å². The summed E-state index contributed by atoms with van der Waals surface area (Å²) in [7, 11) is 1.50. The largest absolute Gasteiger partial charge is 0.355 e. The van der Waals surface area contributed by atoms with Crippen molar-refractivity contribution >= 4 is 35.3 Å². The molecule has 0 saturated carbocycles. The van der Waals surface area contributed by atoms with E-state index in [1.54, 1.807) is 0 Å². The Labute approximate surface area is 143 Å². The maximum Gasteiger partial charge on any atom is 0.335 e. The Kier molecular flexibility index (Phi) is 5.28. The van der Waals surface area contributed by atoms with Crippen LogP contribution < -0.4 is 10.6 Å². The molecule has 0 aliphatic carbocycles. The van der Waals surface area contributed by atoms with E-state index < -0.39 is 30.3 Å². The molecule has 1 fully saturated rings. The molecule has 0 radical (unpaired) electrons. The normalized spacial score (nSPS) is 13.9. The number of anilines is 1. The molecule has 0 bridgehead atoms. The first-order valence-corrected chi connectivity index (χ1v) is 7.29. The first-order chi connectivity index (χ1) is 11.9. The molecule has 1 saturated heterocycles. The van der Waals surface area contributed by atoms with Gasteiger partial charge in [-0.3, -0.25) is 24.1 Å². The lowest BCUT2D eigenvalue weighted by molar-refractivity contribution is -0.143. The average Bonchev–Trinajstić information content (AvgIpc) is 2.80. The van der Waals surface area contributed by atoms with Crippen LogP contribution in [0.4, 0.5) is 10.5 Å². The Morgan fingerprint density at radius 2 is 1.68 bits per heavy atom. The number of benzene rings is 1. The molecule has 9 heteroatoms. The summed E-state index contributed by atoms with van der Waals surface area (Å²) < 4.78 is 0. The average molecular weight is 344 g/mol. The van der Waals surface area contributed by atoms with Crippen LogP contribution in [0.3, 0.4) is 0 Å². The Bertz CT molecular complexity index is 756. The summed E-state index contributed by atoms with van der Waals surface area (Å²) in [6, 6.07) is 5.17. The first-order valence-electron chi connectivity index (χ1n) is 7.29. The number of nitrogens with one attached hydrogen (secondary N) is 2. The van der Waals surface area contributed by atoms with Crippen molar-refractivity contribution in [2.45, 2.75) is 0 Å². The summed E-state index contributed by atoms with van der Waals surface area (Å²) in [5.74, 6) is -2.97. The zero-order chi connectivity index (χ0) is 18.6. The van der Waals surface area contributed by atoms with Crippen molar-refractivity contribution in [3.8, 4) is 0 Å². The van der Waals surface area contributed by atoms with Crippen molar-refractivity contribution < 1.29 is 24.0 Å². The minimum atomic E-state index is -1.06. The lowest BCUT2D eigenvalue weighted by Crippen LogP contribution is -2.39. The first kappa shape index (κ1) is 17.9. The standard InChI is InChI=1S/C16H16N4O5/c1-3-8-19-14(23)15(24)20(16(19)25)9-12(21)18-11-6-4-10(5-7-11)13(22)17-2/h3-7H,1,8-9H2,2H3,(H,17,22)(H,18,21). The molecule has 25 heavy (non-hydrogen) atoms. The van der Waals surface area contributed by atoms with Gasteiger partial charge in [0.1, 0.15) is 6.54 Å². The van der Waals surface area contributed by atoms with Crippen LogP contribution in [0.15, 0.2) is 36.9 Å². The number of amides is 6. The quantitative estimate of drug-likeness (QED) is 0.427. The number of urea groups is 1. The van der Waals surface area contributed by atoms with Crippen LogP contribution in [0.5, 0.6) is 0 Å². The van der Waals surface area contributed by atoms with E-state index in [0.29, 0.717) is 21.1 Å². The third-order valence-electron chi connectivity index (χ3n) is 3.41. The zero-order valence-corrected chi connectivity index (χ0v) is 13.4. The van der Waals surface area contributed by atoms with Crippen molar-refractivity contribution in [2.75, 3.05) is 25.5 Å². The maximum absolute atomic E-state index is 12.0. The second kappa shape index (κ2) is 7.39. The number of hydrogen-bond donors (Lipinski definition) is 2. The molecular weight excluding hydrogens is 328 g/mol. The van der Waals surface area contributed by atoms with Crippen molar-refractivity contribution in [3.63, 3.8) is 0 Å². The van der Waals surface area contributed by atoms with Crippen molar-refractivity contribution in [1.82, 2.24) is 15.1 Å². The Morgan fingerprint density at radius 3 is 2.24 bits per heavy atom. The predicted molar refractivity (Wildman–Crippen MR) is 87.5 cm³/mol. The van der Waals surface area contributed by atoms with Crippen LogP contribution in [-0.4, -0.2) is 59.6 Å². The topological polar surface area (TPSA) is 116 Å². The van der Waals surface area contributed by atoms with Crippen LogP contribution in [0.25, 0.3) is 0 Å². The van der Waals surface area contributed by atoms with Crippen LogP contribution in [0.1, 0.15) is 10.4 Å². The maximum atomic E-state index is 12.0. The van der Waals surface area contributed by atoms with E-state index in [-0.39, 0.29) is 12.5 Å². The van der Waals surface area contributed by atoms with Gasteiger partial charge >= 0.3 is 17.8 Å². The van der Waals surface area contributed by atoms with Gasteiger partial charge in [-0.25, -0.2) is 9.69 Å². The molecular formula is C16H16N4O5. The van der Waals surface area contributed by atoms with Gasteiger partial charge in [-0.1, -0.05) is 6.08 Å². The van der Waals surface area contributed by atoms with Gasteiger partial charge in [-0.2, -0.15) is 0 Å². The molecule has 0 atom stereocenters. The van der Waals surface area contributed by atoms with E-state index in [0.717, 1.165) is 0 Å². The highest BCUT2D eigenvalue weighted by atomic mass is 16.2. The van der Waals surface area contributed by atoms with Gasteiger partial charge in [0.15, 0.2) is 0 Å². The monoisotopic (exact) mass is 344 g/mol. The van der Waals surface area contributed by atoms with Gasteiger partial charge in [0, 0.05) is 24.8 Å². The highest BCUT2D eigenvalue weighted by molar-refractivity contribution is 6.45. The molecule has 1 aliphatic heterocycles.